The number of aliphatic imine (C=N–C) groups is 1. The van der Waals surface area contributed by atoms with Crippen LogP contribution in [0.25, 0.3) is 11.1 Å². The van der Waals surface area contributed by atoms with Crippen LogP contribution in [-0.2, 0) is 0 Å². The van der Waals surface area contributed by atoms with Gasteiger partial charge in [-0.2, -0.15) is 0 Å². The van der Waals surface area contributed by atoms with Gasteiger partial charge in [-0.3, -0.25) is 0 Å². The van der Waals surface area contributed by atoms with Crippen molar-refractivity contribution < 1.29 is 0 Å². The molecule has 2 aliphatic rings. The monoisotopic (exact) mass is 256 g/mol. The molecular formula is C18H12N2. The molecule has 94 valence electrons. The molecule has 2 aromatic carbocycles. The number of benzene rings is 2. The second-order valence-electron chi connectivity index (χ2n) is 4.91. The van der Waals surface area contributed by atoms with E-state index in [1.165, 1.54) is 0 Å². The Labute approximate surface area is 117 Å². The molecule has 1 aliphatic heterocycles. The Hall–Kier alpha value is -2.74. The van der Waals surface area contributed by atoms with Gasteiger partial charge in [0.1, 0.15) is 0 Å². The number of nitrogens with one attached hydrogen (secondary N) is 1. The third kappa shape index (κ3) is 1.58. The van der Waals surface area contributed by atoms with Gasteiger partial charge in [0.05, 0.1) is 17.1 Å². The summed E-state index contributed by atoms with van der Waals surface area (Å²) >= 11 is 0. The van der Waals surface area contributed by atoms with Crippen molar-refractivity contribution in [3.8, 4) is 0 Å². The van der Waals surface area contributed by atoms with Gasteiger partial charge in [0, 0.05) is 16.7 Å². The van der Waals surface area contributed by atoms with Crippen LogP contribution < -0.4 is 0 Å². The first-order valence-corrected chi connectivity index (χ1v) is 6.59. The number of hydrogen-bond acceptors (Lipinski definition) is 2. The lowest BCUT2D eigenvalue weighted by atomic mass is 9.88. The maximum Gasteiger partial charge on any atom is 0.0796 e. The first-order valence-electron chi connectivity index (χ1n) is 6.59. The van der Waals surface area contributed by atoms with E-state index in [1.807, 2.05) is 48.6 Å². The number of rotatable bonds is 1. The Balaban J connectivity index is 1.92. The summed E-state index contributed by atoms with van der Waals surface area (Å²) in [5.41, 5.74) is 6.81. The van der Waals surface area contributed by atoms with Crippen molar-refractivity contribution >= 4 is 28.3 Å². The quantitative estimate of drug-likeness (QED) is 0.740. The van der Waals surface area contributed by atoms with Gasteiger partial charge < -0.3 is 5.41 Å². The summed E-state index contributed by atoms with van der Waals surface area (Å²) in [5.74, 6) is 0. The molecule has 1 aliphatic carbocycles. The molecule has 1 N–H and O–H groups in total. The largest absolute Gasteiger partial charge is 0.301 e. The minimum Gasteiger partial charge on any atom is -0.301 e. The highest BCUT2D eigenvalue weighted by atomic mass is 14.8. The fourth-order valence-electron chi connectivity index (χ4n) is 2.72. The second-order valence-corrected chi connectivity index (χ2v) is 4.91. The third-order valence-electron chi connectivity index (χ3n) is 3.62. The standard InChI is InChI=1S/C18H12N2/c19-13-10-15(12-6-2-1-3-7-12)18-16(11-13)14-8-4-5-9-17(14)20-18/h1-11,19H. The number of hydrogen-bond donors (Lipinski definition) is 1. The first kappa shape index (κ1) is 11.1. The molecule has 0 aromatic heterocycles. The zero-order valence-corrected chi connectivity index (χ0v) is 10.8. The van der Waals surface area contributed by atoms with E-state index in [0.717, 1.165) is 33.7 Å². The maximum atomic E-state index is 8.05. The van der Waals surface area contributed by atoms with Crippen LogP contribution in [0, 0.1) is 5.41 Å². The molecule has 20 heavy (non-hydrogen) atoms. The third-order valence-corrected chi connectivity index (χ3v) is 3.62. The van der Waals surface area contributed by atoms with E-state index < -0.39 is 0 Å². The molecule has 0 saturated heterocycles. The van der Waals surface area contributed by atoms with Crippen molar-refractivity contribution in [1.29, 1.82) is 5.41 Å². The number of allylic oxidation sites excluding steroid dienone is 4. The fraction of sp³-hybridized carbons (Fsp3) is 0. The van der Waals surface area contributed by atoms with Crippen molar-refractivity contribution in [2.24, 2.45) is 4.99 Å². The van der Waals surface area contributed by atoms with Crippen LogP contribution >= 0.6 is 0 Å². The summed E-state index contributed by atoms with van der Waals surface area (Å²) in [6, 6.07) is 18.3. The summed E-state index contributed by atoms with van der Waals surface area (Å²) in [4.78, 5) is 4.75. The molecule has 0 saturated carbocycles. The Kier molecular flexibility index (Phi) is 2.30. The van der Waals surface area contributed by atoms with Crippen molar-refractivity contribution in [2.45, 2.75) is 0 Å². The average molecular weight is 256 g/mol. The Morgan fingerprint density at radius 1 is 0.750 bits per heavy atom. The predicted molar refractivity (Wildman–Crippen MR) is 83.7 cm³/mol. The van der Waals surface area contributed by atoms with E-state index in [-0.39, 0.29) is 0 Å². The van der Waals surface area contributed by atoms with Crippen LogP contribution in [0.1, 0.15) is 11.1 Å². The van der Waals surface area contributed by atoms with Gasteiger partial charge in [0.15, 0.2) is 0 Å². The van der Waals surface area contributed by atoms with Crippen LogP contribution in [0.5, 0.6) is 0 Å². The summed E-state index contributed by atoms with van der Waals surface area (Å²) in [5, 5.41) is 8.05. The van der Waals surface area contributed by atoms with Crippen LogP contribution in [0.15, 0.2) is 71.7 Å². The van der Waals surface area contributed by atoms with E-state index in [1.54, 1.807) is 0 Å². The normalized spacial score (nSPS) is 16.0. The minimum atomic E-state index is 0.523. The lowest BCUT2D eigenvalue weighted by molar-refractivity contribution is 1.53. The van der Waals surface area contributed by atoms with Gasteiger partial charge in [-0.05, 0) is 23.8 Å². The summed E-state index contributed by atoms with van der Waals surface area (Å²) in [7, 11) is 0. The minimum absolute atomic E-state index is 0.523. The number of nitrogens with zero attached hydrogens (tertiary/aromatic N) is 1. The van der Waals surface area contributed by atoms with Gasteiger partial charge in [0.2, 0.25) is 0 Å². The topological polar surface area (TPSA) is 36.2 Å². The Bertz CT molecular complexity index is 808. The fourth-order valence-corrected chi connectivity index (χ4v) is 2.72. The highest BCUT2D eigenvalue weighted by molar-refractivity contribution is 6.53. The summed E-state index contributed by atoms with van der Waals surface area (Å²) in [6.07, 6.45) is 3.79. The van der Waals surface area contributed by atoms with E-state index in [4.69, 9.17) is 10.4 Å². The van der Waals surface area contributed by atoms with Crippen molar-refractivity contribution in [1.82, 2.24) is 0 Å². The van der Waals surface area contributed by atoms with E-state index in [9.17, 15) is 0 Å². The maximum absolute atomic E-state index is 8.05. The molecule has 4 rings (SSSR count). The van der Waals surface area contributed by atoms with E-state index >= 15 is 0 Å². The molecule has 0 bridgehead atoms. The molecule has 0 atom stereocenters. The van der Waals surface area contributed by atoms with Crippen molar-refractivity contribution in [3.63, 3.8) is 0 Å². The summed E-state index contributed by atoms with van der Waals surface area (Å²) in [6.45, 7) is 0. The van der Waals surface area contributed by atoms with Gasteiger partial charge in [-0.1, -0.05) is 48.5 Å². The zero-order valence-electron chi connectivity index (χ0n) is 10.8. The first-order chi connectivity index (χ1) is 9.83. The molecule has 0 spiro atoms. The van der Waals surface area contributed by atoms with Crippen LogP contribution in [0.4, 0.5) is 5.69 Å². The highest BCUT2D eigenvalue weighted by Crippen LogP contribution is 2.40. The molecule has 2 aromatic rings. The van der Waals surface area contributed by atoms with Crippen LogP contribution in [-0.4, -0.2) is 11.4 Å². The molecule has 2 heteroatoms. The zero-order chi connectivity index (χ0) is 13.5. The van der Waals surface area contributed by atoms with Crippen LogP contribution in [0.3, 0.4) is 0 Å². The van der Waals surface area contributed by atoms with Gasteiger partial charge in [-0.15, -0.1) is 0 Å². The van der Waals surface area contributed by atoms with Crippen molar-refractivity contribution in [3.05, 3.63) is 77.9 Å². The van der Waals surface area contributed by atoms with Gasteiger partial charge in [-0.25, -0.2) is 4.99 Å². The molecule has 0 unspecified atom stereocenters. The predicted octanol–water partition coefficient (Wildman–Crippen LogP) is 4.27. The van der Waals surface area contributed by atoms with Gasteiger partial charge in [0.25, 0.3) is 0 Å². The van der Waals surface area contributed by atoms with Crippen LogP contribution in [0.2, 0.25) is 0 Å². The Morgan fingerprint density at radius 2 is 1.45 bits per heavy atom. The highest BCUT2D eigenvalue weighted by Gasteiger charge is 2.26. The SMILES string of the molecule is N=C1C=C(c2ccccc2)C2=Nc3ccccc3C2=C1. The molecule has 0 fully saturated rings. The smallest absolute Gasteiger partial charge is 0.0796 e. The molecule has 0 radical (unpaired) electrons. The molecule has 2 nitrogen and oxygen atoms in total. The lowest BCUT2D eigenvalue weighted by Crippen LogP contribution is -2.09. The van der Waals surface area contributed by atoms with E-state index in [0.29, 0.717) is 5.71 Å². The molecular weight excluding hydrogens is 244 g/mol. The Morgan fingerprint density at radius 3 is 2.30 bits per heavy atom. The number of para-hydroxylation sites is 1. The van der Waals surface area contributed by atoms with E-state index in [2.05, 4.69) is 18.2 Å². The molecule has 1 heterocycles. The lowest BCUT2D eigenvalue weighted by Gasteiger charge is -2.14. The second kappa shape index (κ2) is 4.14. The molecule has 0 amide bonds. The van der Waals surface area contributed by atoms with Crippen molar-refractivity contribution in [2.75, 3.05) is 0 Å². The average Bonchev–Trinajstić information content (AvgIpc) is 2.86. The van der Waals surface area contributed by atoms with Gasteiger partial charge >= 0.3 is 0 Å². The number of fused-ring (bicyclic) bond motifs is 3. The summed E-state index contributed by atoms with van der Waals surface area (Å²) < 4.78 is 0.